The van der Waals surface area contributed by atoms with Crippen molar-refractivity contribution in [3.8, 4) is 5.75 Å². The Bertz CT molecular complexity index is 700. The number of hydrogen-bond donors (Lipinski definition) is 2. The Morgan fingerprint density at radius 3 is 2.67 bits per heavy atom. The number of nitrogens with zero attached hydrogens (tertiary/aromatic N) is 1. The fourth-order valence-corrected chi connectivity index (χ4v) is 2.49. The molecule has 0 aliphatic rings. The number of amides is 1. The maximum atomic E-state index is 12.8. The van der Waals surface area contributed by atoms with Gasteiger partial charge in [0.1, 0.15) is 11.6 Å². The van der Waals surface area contributed by atoms with Crippen LogP contribution in [0.2, 0.25) is 0 Å². The minimum absolute atomic E-state index is 0.121. The number of hydrazone groups is 1. The van der Waals surface area contributed by atoms with Gasteiger partial charge in [0.2, 0.25) is 0 Å². The summed E-state index contributed by atoms with van der Waals surface area (Å²) in [4.78, 5) is 11.8. The average Bonchev–Trinajstić information content (AvgIpc) is 2.44. The smallest absolute Gasteiger partial charge is 0.271 e. The molecule has 0 saturated heterocycles. The lowest BCUT2D eigenvalue weighted by molar-refractivity contribution is 0.0955. The second-order valence-corrected chi connectivity index (χ2v) is 5.61. The van der Waals surface area contributed by atoms with Gasteiger partial charge in [0.05, 0.1) is 6.21 Å². The predicted octanol–water partition coefficient (Wildman–Crippen LogP) is 3.21. The maximum absolute atomic E-state index is 12.8. The molecule has 0 spiro atoms. The van der Waals surface area contributed by atoms with Crippen LogP contribution in [0.25, 0.3) is 0 Å². The normalized spacial score (nSPS) is 10.8. The predicted molar refractivity (Wildman–Crippen MR) is 87.0 cm³/mol. The molecule has 0 aromatic heterocycles. The van der Waals surface area contributed by atoms with Crippen LogP contribution in [-0.2, 0) is 0 Å². The van der Waals surface area contributed by atoms with Crippen LogP contribution in [-0.4, -0.2) is 17.2 Å². The summed E-state index contributed by atoms with van der Waals surface area (Å²) in [5, 5.41) is 13.7. The molecule has 4 nitrogen and oxygen atoms in total. The second kappa shape index (κ2) is 6.66. The Hall–Kier alpha value is -1.96. The van der Waals surface area contributed by atoms with E-state index in [0.29, 0.717) is 11.1 Å². The van der Waals surface area contributed by atoms with E-state index in [-0.39, 0.29) is 5.75 Å². The molecule has 108 valence electrons. The Morgan fingerprint density at radius 2 is 2.00 bits per heavy atom. The van der Waals surface area contributed by atoms with Gasteiger partial charge in [0, 0.05) is 14.7 Å². The van der Waals surface area contributed by atoms with Crippen LogP contribution in [0.4, 0.5) is 4.39 Å². The number of aryl methyl sites for hydroxylation is 1. The Labute approximate surface area is 134 Å². The van der Waals surface area contributed by atoms with Gasteiger partial charge in [-0.2, -0.15) is 5.10 Å². The van der Waals surface area contributed by atoms with Crippen molar-refractivity contribution in [2.75, 3.05) is 0 Å². The zero-order valence-corrected chi connectivity index (χ0v) is 13.3. The van der Waals surface area contributed by atoms with Crippen LogP contribution < -0.4 is 5.43 Å². The molecule has 2 aromatic rings. The number of nitrogens with one attached hydrogen (secondary N) is 1. The third kappa shape index (κ3) is 4.01. The highest BCUT2D eigenvalue weighted by Gasteiger charge is 2.06. The molecule has 2 N–H and O–H groups in total. The van der Waals surface area contributed by atoms with Crippen molar-refractivity contribution in [3.63, 3.8) is 0 Å². The first-order chi connectivity index (χ1) is 9.97. The molecule has 0 heterocycles. The second-order valence-electron chi connectivity index (χ2n) is 4.37. The summed E-state index contributed by atoms with van der Waals surface area (Å²) in [5.41, 5.74) is 3.87. The van der Waals surface area contributed by atoms with Gasteiger partial charge in [-0.05, 0) is 71.5 Å². The number of phenols is 1. The summed E-state index contributed by atoms with van der Waals surface area (Å²) in [7, 11) is 0. The van der Waals surface area contributed by atoms with Gasteiger partial charge in [-0.25, -0.2) is 9.82 Å². The number of carbonyl (C=O) groups excluding carboxylic acids is 1. The van der Waals surface area contributed by atoms with Gasteiger partial charge in [0.25, 0.3) is 5.91 Å². The zero-order valence-electron chi connectivity index (χ0n) is 11.1. The Morgan fingerprint density at radius 1 is 1.33 bits per heavy atom. The summed E-state index contributed by atoms with van der Waals surface area (Å²) >= 11 is 2.13. The molecule has 1 amide bonds. The first-order valence-corrected chi connectivity index (χ1v) is 7.13. The first kappa shape index (κ1) is 15.4. The van der Waals surface area contributed by atoms with Gasteiger partial charge in [-0.15, -0.1) is 0 Å². The number of phenolic OH excluding ortho intramolecular Hbond substituents is 1. The highest BCUT2D eigenvalue weighted by atomic mass is 127. The SMILES string of the molecule is Cc1cc(I)cc(/C=N\NC(=O)c2ccc(F)cc2)c1O. The van der Waals surface area contributed by atoms with Gasteiger partial charge >= 0.3 is 0 Å². The standard InChI is InChI=1S/C15H12FIN2O2/c1-9-6-13(17)7-11(14(9)20)8-18-19-15(21)10-2-4-12(16)5-3-10/h2-8,20H,1H3,(H,19,21)/b18-8-. The van der Waals surface area contributed by atoms with E-state index in [0.717, 1.165) is 9.13 Å². The van der Waals surface area contributed by atoms with Crippen molar-refractivity contribution in [3.05, 3.63) is 62.5 Å². The topological polar surface area (TPSA) is 61.7 Å². The van der Waals surface area contributed by atoms with E-state index >= 15 is 0 Å². The molecule has 2 aromatic carbocycles. The lowest BCUT2D eigenvalue weighted by atomic mass is 10.1. The zero-order chi connectivity index (χ0) is 15.4. The number of hydrogen-bond acceptors (Lipinski definition) is 3. The summed E-state index contributed by atoms with van der Waals surface area (Å²) in [6, 6.07) is 8.72. The molecule has 0 radical (unpaired) electrons. The van der Waals surface area contributed by atoms with Crippen molar-refractivity contribution < 1.29 is 14.3 Å². The van der Waals surface area contributed by atoms with E-state index in [4.69, 9.17) is 0 Å². The highest BCUT2D eigenvalue weighted by Crippen LogP contribution is 2.23. The summed E-state index contributed by atoms with van der Waals surface area (Å²) in [6.45, 7) is 1.78. The van der Waals surface area contributed by atoms with Crippen LogP contribution in [0.5, 0.6) is 5.75 Å². The number of aromatic hydroxyl groups is 1. The maximum Gasteiger partial charge on any atom is 0.271 e. The van der Waals surface area contributed by atoms with E-state index in [9.17, 15) is 14.3 Å². The molecular weight excluding hydrogens is 386 g/mol. The third-order valence-electron chi connectivity index (χ3n) is 2.77. The van der Waals surface area contributed by atoms with E-state index in [1.807, 2.05) is 6.07 Å². The fourth-order valence-electron chi connectivity index (χ4n) is 1.69. The molecule has 21 heavy (non-hydrogen) atoms. The van der Waals surface area contributed by atoms with Crippen molar-refractivity contribution in [2.45, 2.75) is 6.92 Å². The van der Waals surface area contributed by atoms with E-state index in [1.54, 1.807) is 13.0 Å². The van der Waals surface area contributed by atoms with E-state index in [1.165, 1.54) is 30.5 Å². The fraction of sp³-hybridized carbons (Fsp3) is 0.0667. The van der Waals surface area contributed by atoms with Crippen LogP contribution in [0, 0.1) is 16.3 Å². The molecule has 6 heteroatoms. The van der Waals surface area contributed by atoms with Crippen LogP contribution in [0.3, 0.4) is 0 Å². The van der Waals surface area contributed by atoms with E-state index < -0.39 is 11.7 Å². The summed E-state index contributed by atoms with van der Waals surface area (Å²) in [5.74, 6) is -0.738. The molecule has 0 saturated carbocycles. The Balaban J connectivity index is 2.09. The van der Waals surface area contributed by atoms with Crippen molar-refractivity contribution in [2.24, 2.45) is 5.10 Å². The minimum Gasteiger partial charge on any atom is -0.507 e. The molecule has 0 aliphatic heterocycles. The number of rotatable bonds is 3. The quantitative estimate of drug-likeness (QED) is 0.474. The van der Waals surface area contributed by atoms with Crippen molar-refractivity contribution in [1.29, 1.82) is 0 Å². The molecule has 0 bridgehead atoms. The molecule has 2 rings (SSSR count). The summed E-state index contributed by atoms with van der Waals surface area (Å²) in [6.07, 6.45) is 1.37. The van der Waals surface area contributed by atoms with Gasteiger partial charge in [-0.1, -0.05) is 0 Å². The van der Waals surface area contributed by atoms with E-state index in [2.05, 4.69) is 33.1 Å². The lowest BCUT2D eigenvalue weighted by Gasteiger charge is -2.04. The lowest BCUT2D eigenvalue weighted by Crippen LogP contribution is -2.17. The molecule has 0 aliphatic carbocycles. The number of halogens is 2. The van der Waals surface area contributed by atoms with Gasteiger partial charge in [0.15, 0.2) is 0 Å². The van der Waals surface area contributed by atoms with Crippen LogP contribution in [0.15, 0.2) is 41.5 Å². The molecule has 0 atom stereocenters. The monoisotopic (exact) mass is 398 g/mol. The number of benzene rings is 2. The molecular formula is C15H12FIN2O2. The highest BCUT2D eigenvalue weighted by molar-refractivity contribution is 14.1. The third-order valence-corrected chi connectivity index (χ3v) is 3.39. The minimum atomic E-state index is -0.451. The first-order valence-electron chi connectivity index (χ1n) is 6.05. The summed E-state index contributed by atoms with van der Waals surface area (Å²) < 4.78 is 13.7. The van der Waals surface area contributed by atoms with Gasteiger partial charge < -0.3 is 5.11 Å². The molecule has 0 unspecified atom stereocenters. The van der Waals surface area contributed by atoms with Crippen LogP contribution in [0.1, 0.15) is 21.5 Å². The molecule has 0 fully saturated rings. The number of carbonyl (C=O) groups is 1. The van der Waals surface area contributed by atoms with Gasteiger partial charge in [-0.3, -0.25) is 4.79 Å². The largest absolute Gasteiger partial charge is 0.507 e. The van der Waals surface area contributed by atoms with Crippen molar-refractivity contribution in [1.82, 2.24) is 5.43 Å². The average molecular weight is 398 g/mol. The van der Waals surface area contributed by atoms with Crippen molar-refractivity contribution >= 4 is 34.7 Å². The Kier molecular flexibility index (Phi) is 4.89. The van der Waals surface area contributed by atoms with Crippen LogP contribution >= 0.6 is 22.6 Å².